The van der Waals surface area contributed by atoms with Crippen LogP contribution in [-0.2, 0) is 19.0 Å². The lowest BCUT2D eigenvalue weighted by molar-refractivity contribution is 0.192. The summed E-state index contributed by atoms with van der Waals surface area (Å²) in [7, 11) is 3.84. The molecule has 9 heteroatoms. The Morgan fingerprint density at radius 1 is 1.18 bits per heavy atom. The second-order valence-electron chi connectivity index (χ2n) is 8.49. The minimum absolute atomic E-state index is 0.122. The Balaban J connectivity index is 1.46. The van der Waals surface area contributed by atoms with Crippen molar-refractivity contribution in [2.24, 2.45) is 7.05 Å². The first kappa shape index (κ1) is 18.5. The molecule has 0 bridgehead atoms. The number of aromatic nitrogens is 6. The van der Waals surface area contributed by atoms with Gasteiger partial charge in [-0.2, -0.15) is 4.52 Å². The Kier molecular flexibility index (Phi) is 4.41. The van der Waals surface area contributed by atoms with Crippen LogP contribution in [0.25, 0.3) is 5.65 Å². The van der Waals surface area contributed by atoms with E-state index in [2.05, 4.69) is 52.8 Å². The average molecular weight is 382 g/mol. The largest absolute Gasteiger partial charge is 0.352 e. The van der Waals surface area contributed by atoms with Gasteiger partial charge in [-0.15, -0.1) is 15.3 Å². The lowest BCUT2D eigenvalue weighted by Gasteiger charge is -2.44. The number of rotatable bonds is 4. The SMILES string of the molecule is CN(Cc1ccnc(=O)n1C)C1CN(c2ccc3nnc(C(C)(C)C)n3n2)C1. The molecule has 0 radical (unpaired) electrons. The van der Waals surface area contributed by atoms with Crippen LogP contribution in [-0.4, -0.2) is 60.4 Å². The van der Waals surface area contributed by atoms with Crippen LogP contribution in [0.2, 0.25) is 0 Å². The summed E-state index contributed by atoms with van der Waals surface area (Å²) < 4.78 is 3.45. The lowest BCUT2D eigenvalue weighted by atomic mass is 9.96. The van der Waals surface area contributed by atoms with Crippen LogP contribution in [0.4, 0.5) is 5.82 Å². The van der Waals surface area contributed by atoms with Crippen molar-refractivity contribution in [1.82, 2.24) is 34.3 Å². The van der Waals surface area contributed by atoms with Gasteiger partial charge in [0.05, 0.1) is 0 Å². The zero-order valence-corrected chi connectivity index (χ0v) is 17.0. The predicted molar refractivity (Wildman–Crippen MR) is 106 cm³/mol. The van der Waals surface area contributed by atoms with Crippen LogP contribution in [0, 0.1) is 0 Å². The van der Waals surface area contributed by atoms with Crippen molar-refractivity contribution in [1.29, 1.82) is 0 Å². The van der Waals surface area contributed by atoms with Crippen molar-refractivity contribution >= 4 is 11.5 Å². The quantitative estimate of drug-likeness (QED) is 0.661. The Bertz CT molecular complexity index is 1060. The third-order valence-electron chi connectivity index (χ3n) is 5.31. The normalized spacial score (nSPS) is 15.4. The number of nitrogens with zero attached hydrogens (tertiary/aromatic N) is 8. The van der Waals surface area contributed by atoms with E-state index in [0.29, 0.717) is 12.6 Å². The molecule has 0 N–H and O–H groups in total. The molecule has 3 aromatic heterocycles. The summed E-state index contributed by atoms with van der Waals surface area (Å²) in [6, 6.07) is 6.26. The minimum Gasteiger partial charge on any atom is -0.352 e. The predicted octanol–water partition coefficient (Wildman–Crippen LogP) is 0.836. The summed E-state index contributed by atoms with van der Waals surface area (Å²) in [4.78, 5) is 20.0. The molecule has 0 aliphatic carbocycles. The van der Waals surface area contributed by atoms with Crippen molar-refractivity contribution in [3.63, 3.8) is 0 Å². The highest BCUT2D eigenvalue weighted by molar-refractivity contribution is 5.48. The zero-order chi connectivity index (χ0) is 20.1. The average Bonchev–Trinajstić information content (AvgIpc) is 3.01. The third kappa shape index (κ3) is 3.26. The monoisotopic (exact) mass is 382 g/mol. The molecule has 1 aliphatic rings. The van der Waals surface area contributed by atoms with Gasteiger partial charge in [0.2, 0.25) is 0 Å². The highest BCUT2D eigenvalue weighted by atomic mass is 16.1. The number of hydrogen-bond donors (Lipinski definition) is 0. The molecule has 3 aromatic rings. The van der Waals surface area contributed by atoms with Crippen LogP contribution in [0.15, 0.2) is 29.2 Å². The molecule has 0 atom stereocenters. The minimum atomic E-state index is -0.220. The van der Waals surface area contributed by atoms with Crippen LogP contribution in [0.1, 0.15) is 32.3 Å². The molecule has 0 saturated carbocycles. The molecule has 1 fully saturated rings. The summed E-state index contributed by atoms with van der Waals surface area (Å²) in [6.45, 7) is 8.82. The van der Waals surface area contributed by atoms with E-state index in [9.17, 15) is 4.79 Å². The number of likely N-dealkylation sites (N-methyl/N-ethyl adjacent to an activating group) is 1. The van der Waals surface area contributed by atoms with Crippen LogP contribution in [0.3, 0.4) is 0 Å². The maximum atomic E-state index is 11.7. The highest BCUT2D eigenvalue weighted by Gasteiger charge is 2.32. The summed E-state index contributed by atoms with van der Waals surface area (Å²) in [5.74, 6) is 1.79. The summed E-state index contributed by atoms with van der Waals surface area (Å²) >= 11 is 0. The van der Waals surface area contributed by atoms with Gasteiger partial charge >= 0.3 is 5.69 Å². The third-order valence-corrected chi connectivity index (χ3v) is 5.31. The van der Waals surface area contributed by atoms with Gasteiger partial charge in [0.25, 0.3) is 0 Å². The van der Waals surface area contributed by atoms with Crippen LogP contribution >= 0.6 is 0 Å². The molecule has 1 aliphatic heterocycles. The molecular weight excluding hydrogens is 356 g/mol. The van der Waals surface area contributed by atoms with Gasteiger partial charge in [-0.3, -0.25) is 9.47 Å². The van der Waals surface area contributed by atoms with E-state index < -0.39 is 0 Å². The Morgan fingerprint density at radius 2 is 1.93 bits per heavy atom. The van der Waals surface area contributed by atoms with E-state index in [0.717, 1.165) is 36.1 Å². The molecule has 4 heterocycles. The maximum Gasteiger partial charge on any atom is 0.347 e. The second kappa shape index (κ2) is 6.66. The molecule has 4 rings (SSSR count). The fraction of sp³-hybridized carbons (Fsp3) is 0.526. The fourth-order valence-electron chi connectivity index (χ4n) is 3.39. The van der Waals surface area contributed by atoms with E-state index in [1.165, 1.54) is 0 Å². The smallest absolute Gasteiger partial charge is 0.347 e. The first-order valence-corrected chi connectivity index (χ1v) is 9.43. The van der Waals surface area contributed by atoms with Crippen LogP contribution in [0.5, 0.6) is 0 Å². The number of anilines is 1. The molecule has 0 spiro atoms. The molecule has 0 amide bonds. The van der Waals surface area contributed by atoms with Crippen molar-refractivity contribution in [3.05, 3.63) is 46.4 Å². The number of fused-ring (bicyclic) bond motifs is 1. The van der Waals surface area contributed by atoms with E-state index >= 15 is 0 Å². The lowest BCUT2D eigenvalue weighted by Crippen LogP contribution is -2.58. The van der Waals surface area contributed by atoms with Crippen LogP contribution < -0.4 is 10.6 Å². The molecule has 28 heavy (non-hydrogen) atoms. The van der Waals surface area contributed by atoms with Gasteiger partial charge in [0.15, 0.2) is 11.5 Å². The molecule has 9 nitrogen and oxygen atoms in total. The number of hydrogen-bond acceptors (Lipinski definition) is 7. The standard InChI is InChI=1S/C19H26N8O/c1-19(2,3)17-22-21-15-6-7-16(23-27(15)17)26-11-14(12-26)24(4)10-13-8-9-20-18(28)25(13)5/h6-9,14H,10-12H2,1-5H3. The molecule has 1 saturated heterocycles. The first-order chi connectivity index (χ1) is 13.2. The van der Waals surface area contributed by atoms with E-state index in [1.807, 2.05) is 22.7 Å². The van der Waals surface area contributed by atoms with Gasteiger partial charge < -0.3 is 4.90 Å². The first-order valence-electron chi connectivity index (χ1n) is 9.43. The zero-order valence-electron chi connectivity index (χ0n) is 17.0. The van der Waals surface area contributed by atoms with Crippen molar-refractivity contribution in [3.8, 4) is 0 Å². The van der Waals surface area contributed by atoms with Crippen molar-refractivity contribution in [2.75, 3.05) is 25.0 Å². The molecule has 0 unspecified atom stereocenters. The summed E-state index contributed by atoms with van der Waals surface area (Å²) in [5.41, 5.74) is 1.38. The summed E-state index contributed by atoms with van der Waals surface area (Å²) in [5, 5.41) is 13.3. The molecule has 0 aromatic carbocycles. The van der Waals surface area contributed by atoms with E-state index in [4.69, 9.17) is 5.10 Å². The van der Waals surface area contributed by atoms with Gasteiger partial charge in [-0.05, 0) is 25.2 Å². The van der Waals surface area contributed by atoms with E-state index in [-0.39, 0.29) is 11.1 Å². The fourth-order valence-corrected chi connectivity index (χ4v) is 3.39. The second-order valence-corrected chi connectivity index (χ2v) is 8.49. The topological polar surface area (TPSA) is 84.5 Å². The van der Waals surface area contributed by atoms with Gasteiger partial charge in [0, 0.05) is 50.0 Å². The molecular formula is C19H26N8O. The van der Waals surface area contributed by atoms with E-state index in [1.54, 1.807) is 17.8 Å². The van der Waals surface area contributed by atoms with Gasteiger partial charge in [0.1, 0.15) is 5.82 Å². The molecule has 148 valence electrons. The maximum absolute atomic E-state index is 11.7. The Morgan fingerprint density at radius 3 is 2.64 bits per heavy atom. The Hall–Kier alpha value is -2.81. The summed E-state index contributed by atoms with van der Waals surface area (Å²) in [6.07, 6.45) is 1.57. The van der Waals surface area contributed by atoms with Gasteiger partial charge in [-0.1, -0.05) is 20.8 Å². The highest BCUT2D eigenvalue weighted by Crippen LogP contribution is 2.25. The van der Waals surface area contributed by atoms with Crippen molar-refractivity contribution < 1.29 is 0 Å². The van der Waals surface area contributed by atoms with Gasteiger partial charge in [-0.25, -0.2) is 9.78 Å². The Labute approximate surface area is 163 Å². The van der Waals surface area contributed by atoms with Crippen molar-refractivity contribution in [2.45, 2.75) is 38.8 Å².